The van der Waals surface area contributed by atoms with Gasteiger partial charge in [-0.1, -0.05) is 19.8 Å². The number of hydrogen-bond acceptors (Lipinski definition) is 2. The zero-order chi connectivity index (χ0) is 11.8. The Bertz CT molecular complexity index is 266. The highest BCUT2D eigenvalue weighted by molar-refractivity contribution is 4.99. The maximum absolute atomic E-state index is 3.67. The molecule has 98 valence electrons. The van der Waals surface area contributed by atoms with Gasteiger partial charge in [0, 0.05) is 31.2 Å². The standard InChI is InChI=1S/C15H28N2/c1-3-4-14-9-16-11(2)10-17(14)15-8-12-5-6-13(15)7-12/h11-16H,3-10H2,1-2H3. The molecule has 2 aliphatic carbocycles. The maximum atomic E-state index is 3.67. The minimum absolute atomic E-state index is 0.697. The van der Waals surface area contributed by atoms with E-state index in [4.69, 9.17) is 0 Å². The van der Waals surface area contributed by atoms with Gasteiger partial charge in [-0.05, 0) is 44.4 Å². The predicted molar refractivity (Wildman–Crippen MR) is 72.1 cm³/mol. The van der Waals surface area contributed by atoms with Crippen LogP contribution in [0.15, 0.2) is 0 Å². The molecule has 2 saturated carbocycles. The molecule has 3 fully saturated rings. The zero-order valence-corrected chi connectivity index (χ0v) is 11.5. The van der Waals surface area contributed by atoms with E-state index in [0.717, 1.165) is 23.9 Å². The summed E-state index contributed by atoms with van der Waals surface area (Å²) >= 11 is 0. The summed E-state index contributed by atoms with van der Waals surface area (Å²) < 4.78 is 0. The Morgan fingerprint density at radius 1 is 1.24 bits per heavy atom. The topological polar surface area (TPSA) is 15.3 Å². The molecule has 1 aliphatic heterocycles. The zero-order valence-electron chi connectivity index (χ0n) is 11.5. The third kappa shape index (κ3) is 2.26. The Morgan fingerprint density at radius 3 is 2.76 bits per heavy atom. The first-order valence-electron chi connectivity index (χ1n) is 7.77. The van der Waals surface area contributed by atoms with E-state index in [1.807, 2.05) is 0 Å². The van der Waals surface area contributed by atoms with Gasteiger partial charge >= 0.3 is 0 Å². The molecule has 2 nitrogen and oxygen atoms in total. The van der Waals surface area contributed by atoms with Crippen LogP contribution in [0.5, 0.6) is 0 Å². The van der Waals surface area contributed by atoms with Crippen molar-refractivity contribution >= 4 is 0 Å². The molecule has 17 heavy (non-hydrogen) atoms. The average molecular weight is 236 g/mol. The average Bonchev–Trinajstić information content (AvgIpc) is 2.93. The number of nitrogens with one attached hydrogen (secondary N) is 1. The smallest absolute Gasteiger partial charge is 0.0224 e. The maximum Gasteiger partial charge on any atom is 0.0224 e. The molecule has 0 aromatic carbocycles. The first kappa shape index (κ1) is 12.0. The minimum Gasteiger partial charge on any atom is -0.311 e. The lowest BCUT2D eigenvalue weighted by Gasteiger charge is -2.45. The third-order valence-electron chi connectivity index (χ3n) is 5.40. The summed E-state index contributed by atoms with van der Waals surface area (Å²) in [7, 11) is 0. The number of nitrogens with zero attached hydrogens (tertiary/aromatic N) is 1. The van der Waals surface area contributed by atoms with Gasteiger partial charge in [0.1, 0.15) is 0 Å². The van der Waals surface area contributed by atoms with E-state index in [0.29, 0.717) is 6.04 Å². The highest BCUT2D eigenvalue weighted by Gasteiger charge is 2.44. The van der Waals surface area contributed by atoms with Crippen LogP contribution >= 0.6 is 0 Å². The van der Waals surface area contributed by atoms with Crippen LogP contribution in [-0.2, 0) is 0 Å². The van der Waals surface area contributed by atoms with Crippen molar-refractivity contribution in [2.24, 2.45) is 11.8 Å². The molecule has 1 N–H and O–H groups in total. The van der Waals surface area contributed by atoms with Gasteiger partial charge in [-0.2, -0.15) is 0 Å². The Hall–Kier alpha value is -0.0800. The molecule has 5 atom stereocenters. The molecule has 5 unspecified atom stereocenters. The van der Waals surface area contributed by atoms with Crippen molar-refractivity contribution in [3.05, 3.63) is 0 Å². The van der Waals surface area contributed by atoms with E-state index in [1.165, 1.54) is 45.2 Å². The molecule has 0 aromatic heterocycles. The van der Waals surface area contributed by atoms with Crippen LogP contribution in [0.25, 0.3) is 0 Å². The van der Waals surface area contributed by atoms with Crippen LogP contribution in [0.1, 0.15) is 52.4 Å². The van der Waals surface area contributed by atoms with Crippen LogP contribution < -0.4 is 5.32 Å². The third-order valence-corrected chi connectivity index (χ3v) is 5.40. The lowest BCUT2D eigenvalue weighted by atomic mass is 9.91. The highest BCUT2D eigenvalue weighted by Crippen LogP contribution is 2.47. The molecule has 2 heteroatoms. The quantitative estimate of drug-likeness (QED) is 0.810. The Morgan fingerprint density at radius 2 is 2.12 bits per heavy atom. The van der Waals surface area contributed by atoms with Crippen LogP contribution in [0.2, 0.25) is 0 Å². The van der Waals surface area contributed by atoms with E-state index < -0.39 is 0 Å². The molecule has 0 spiro atoms. The van der Waals surface area contributed by atoms with E-state index >= 15 is 0 Å². The van der Waals surface area contributed by atoms with Gasteiger partial charge in [-0.15, -0.1) is 0 Å². The largest absolute Gasteiger partial charge is 0.311 e. The number of rotatable bonds is 3. The van der Waals surface area contributed by atoms with Gasteiger partial charge in [0.15, 0.2) is 0 Å². The SMILES string of the molecule is CCCC1CNC(C)CN1C1CC2CCC1C2. The fraction of sp³-hybridized carbons (Fsp3) is 1.00. The number of fused-ring (bicyclic) bond motifs is 2. The van der Waals surface area contributed by atoms with Crippen molar-refractivity contribution < 1.29 is 0 Å². The predicted octanol–water partition coefficient (Wildman–Crippen LogP) is 2.64. The fourth-order valence-corrected chi connectivity index (χ4v) is 4.61. The second-order valence-electron chi connectivity index (χ2n) is 6.69. The molecule has 1 saturated heterocycles. The molecule has 0 aromatic rings. The van der Waals surface area contributed by atoms with Crippen molar-refractivity contribution in [2.45, 2.75) is 70.5 Å². The Kier molecular flexibility index (Phi) is 3.45. The summed E-state index contributed by atoms with van der Waals surface area (Å²) in [6.45, 7) is 7.20. The lowest BCUT2D eigenvalue weighted by Crippen LogP contribution is -2.59. The van der Waals surface area contributed by atoms with E-state index in [2.05, 4.69) is 24.1 Å². The lowest BCUT2D eigenvalue weighted by molar-refractivity contribution is 0.0516. The molecule has 2 bridgehead atoms. The van der Waals surface area contributed by atoms with Gasteiger partial charge in [-0.25, -0.2) is 0 Å². The van der Waals surface area contributed by atoms with Gasteiger partial charge in [0.2, 0.25) is 0 Å². The van der Waals surface area contributed by atoms with E-state index in [-0.39, 0.29) is 0 Å². The molecule has 3 aliphatic rings. The molecule has 0 amide bonds. The molecule has 0 radical (unpaired) electrons. The van der Waals surface area contributed by atoms with Crippen molar-refractivity contribution in [2.75, 3.05) is 13.1 Å². The van der Waals surface area contributed by atoms with Crippen LogP contribution in [0.3, 0.4) is 0 Å². The Labute approximate surface area is 106 Å². The molecular weight excluding hydrogens is 208 g/mol. The van der Waals surface area contributed by atoms with Gasteiger partial charge in [0.05, 0.1) is 0 Å². The molecule has 3 rings (SSSR count). The van der Waals surface area contributed by atoms with Crippen molar-refractivity contribution in [1.29, 1.82) is 0 Å². The van der Waals surface area contributed by atoms with Crippen LogP contribution in [0.4, 0.5) is 0 Å². The summed E-state index contributed by atoms with van der Waals surface area (Å²) in [4.78, 5) is 2.90. The van der Waals surface area contributed by atoms with E-state index in [9.17, 15) is 0 Å². The number of hydrogen-bond donors (Lipinski definition) is 1. The second-order valence-corrected chi connectivity index (χ2v) is 6.69. The monoisotopic (exact) mass is 236 g/mol. The first-order chi connectivity index (χ1) is 8.28. The summed E-state index contributed by atoms with van der Waals surface area (Å²) in [6.07, 6.45) is 8.82. The van der Waals surface area contributed by atoms with Crippen molar-refractivity contribution in [3.8, 4) is 0 Å². The molecule has 1 heterocycles. The van der Waals surface area contributed by atoms with Gasteiger partial charge < -0.3 is 5.32 Å². The summed E-state index contributed by atoms with van der Waals surface area (Å²) in [5.41, 5.74) is 0. The minimum atomic E-state index is 0.697. The fourth-order valence-electron chi connectivity index (χ4n) is 4.61. The van der Waals surface area contributed by atoms with Crippen molar-refractivity contribution in [1.82, 2.24) is 10.2 Å². The normalized spacial score (nSPS) is 46.6. The highest BCUT2D eigenvalue weighted by atomic mass is 15.3. The summed E-state index contributed by atoms with van der Waals surface area (Å²) in [5, 5.41) is 3.67. The van der Waals surface area contributed by atoms with Gasteiger partial charge in [-0.3, -0.25) is 4.90 Å². The van der Waals surface area contributed by atoms with Crippen LogP contribution in [-0.4, -0.2) is 36.1 Å². The van der Waals surface area contributed by atoms with Gasteiger partial charge in [0.25, 0.3) is 0 Å². The Balaban J connectivity index is 1.69. The van der Waals surface area contributed by atoms with Crippen LogP contribution in [0, 0.1) is 11.8 Å². The van der Waals surface area contributed by atoms with Crippen molar-refractivity contribution in [3.63, 3.8) is 0 Å². The second kappa shape index (κ2) is 4.89. The molecular formula is C15H28N2. The first-order valence-corrected chi connectivity index (χ1v) is 7.77. The number of piperazine rings is 1. The van der Waals surface area contributed by atoms with E-state index in [1.54, 1.807) is 6.42 Å². The summed E-state index contributed by atoms with van der Waals surface area (Å²) in [6, 6.07) is 2.46. The summed E-state index contributed by atoms with van der Waals surface area (Å²) in [5.74, 6) is 2.13.